The van der Waals surface area contributed by atoms with Crippen molar-refractivity contribution < 1.29 is 9.59 Å². The van der Waals surface area contributed by atoms with E-state index < -0.39 is 5.41 Å². The van der Waals surface area contributed by atoms with Gasteiger partial charge in [0, 0.05) is 36.4 Å². The summed E-state index contributed by atoms with van der Waals surface area (Å²) in [6, 6.07) is 5.91. The first-order valence-electron chi connectivity index (χ1n) is 10.5. The smallest absolute Gasteiger partial charge is 0.253 e. The fraction of sp³-hybridized carbons (Fsp3) is 0.636. The maximum absolute atomic E-state index is 13.1. The van der Waals surface area contributed by atoms with Crippen LogP contribution in [0.4, 0.5) is 11.4 Å². The van der Waals surface area contributed by atoms with E-state index in [0.717, 1.165) is 44.5 Å². The molecule has 2 fully saturated rings. The van der Waals surface area contributed by atoms with Gasteiger partial charge < -0.3 is 15.5 Å². The maximum Gasteiger partial charge on any atom is 0.253 e. The van der Waals surface area contributed by atoms with E-state index >= 15 is 0 Å². The van der Waals surface area contributed by atoms with Crippen LogP contribution in [0.5, 0.6) is 0 Å². The fourth-order valence-corrected chi connectivity index (χ4v) is 4.02. The first-order chi connectivity index (χ1) is 13.4. The van der Waals surface area contributed by atoms with Gasteiger partial charge in [-0.15, -0.1) is 11.6 Å². The van der Waals surface area contributed by atoms with Crippen molar-refractivity contribution in [3.05, 3.63) is 23.8 Å². The Morgan fingerprint density at radius 1 is 1.11 bits per heavy atom. The number of carbonyl (C=O) groups excluding carboxylic acids is 2. The topological polar surface area (TPSA) is 61.4 Å². The number of nitrogens with zero attached hydrogens (tertiary/aromatic N) is 1. The van der Waals surface area contributed by atoms with Crippen LogP contribution in [-0.2, 0) is 4.79 Å². The quantitative estimate of drug-likeness (QED) is 0.682. The number of hydrogen-bond donors (Lipinski definition) is 2. The van der Waals surface area contributed by atoms with Gasteiger partial charge in [0.05, 0.1) is 11.0 Å². The third-order valence-electron chi connectivity index (χ3n) is 5.83. The molecule has 3 rings (SSSR count). The van der Waals surface area contributed by atoms with E-state index in [-0.39, 0.29) is 23.7 Å². The highest BCUT2D eigenvalue weighted by atomic mass is 35.5. The Labute approximate surface area is 173 Å². The first-order valence-corrected chi connectivity index (χ1v) is 11.0. The van der Waals surface area contributed by atoms with E-state index in [0.29, 0.717) is 11.3 Å². The number of carbonyl (C=O) groups is 2. The third-order valence-corrected chi connectivity index (χ3v) is 6.50. The van der Waals surface area contributed by atoms with Crippen molar-refractivity contribution in [1.29, 1.82) is 0 Å². The summed E-state index contributed by atoms with van der Waals surface area (Å²) in [4.78, 5) is 27.9. The zero-order valence-electron chi connectivity index (χ0n) is 17.0. The largest absolute Gasteiger partial charge is 0.371 e. The summed E-state index contributed by atoms with van der Waals surface area (Å²) < 4.78 is 0. The van der Waals surface area contributed by atoms with E-state index in [2.05, 4.69) is 15.5 Å². The van der Waals surface area contributed by atoms with E-state index in [4.69, 9.17) is 11.6 Å². The molecular formula is C22H32ClN3O2. The van der Waals surface area contributed by atoms with Crippen LogP contribution in [-0.4, -0.2) is 36.8 Å². The molecule has 1 aromatic carbocycles. The van der Waals surface area contributed by atoms with Gasteiger partial charge in [0.1, 0.15) is 0 Å². The maximum atomic E-state index is 13.1. The summed E-state index contributed by atoms with van der Waals surface area (Å²) in [6.07, 6.45) is 7.98. The molecular weight excluding hydrogens is 374 g/mol. The van der Waals surface area contributed by atoms with Crippen LogP contribution in [0, 0.1) is 5.41 Å². The minimum atomic E-state index is -0.667. The fourth-order valence-electron chi connectivity index (χ4n) is 3.90. The molecule has 0 aromatic heterocycles. The minimum Gasteiger partial charge on any atom is -0.371 e. The van der Waals surface area contributed by atoms with Crippen LogP contribution in [0.25, 0.3) is 0 Å². The third kappa shape index (κ3) is 4.99. The monoisotopic (exact) mass is 405 g/mol. The highest BCUT2D eigenvalue weighted by Gasteiger charge is 2.28. The molecule has 0 radical (unpaired) electrons. The number of alkyl halides is 1. The first kappa shape index (κ1) is 21.0. The predicted molar refractivity (Wildman–Crippen MR) is 115 cm³/mol. The Morgan fingerprint density at radius 2 is 1.79 bits per heavy atom. The lowest BCUT2D eigenvalue weighted by atomic mass is 9.94. The molecule has 0 bridgehead atoms. The van der Waals surface area contributed by atoms with E-state index in [1.807, 2.05) is 32.0 Å². The lowest BCUT2D eigenvalue weighted by molar-refractivity contribution is -0.122. The molecule has 2 amide bonds. The van der Waals surface area contributed by atoms with Gasteiger partial charge in [0.2, 0.25) is 5.91 Å². The van der Waals surface area contributed by atoms with Crippen molar-refractivity contribution in [3.8, 4) is 0 Å². The van der Waals surface area contributed by atoms with E-state index in [1.54, 1.807) is 0 Å². The van der Waals surface area contributed by atoms with Gasteiger partial charge in [0.15, 0.2) is 0 Å². The SMILES string of the molecule is CC(C)(CCl)C(=O)Nc1ccc(N2CCCC2)c(C(=O)NC2CCCCC2)c1. The van der Waals surface area contributed by atoms with Crippen LogP contribution in [0.15, 0.2) is 18.2 Å². The molecule has 1 saturated carbocycles. The second-order valence-electron chi connectivity index (χ2n) is 8.71. The average molecular weight is 406 g/mol. The Morgan fingerprint density at radius 3 is 2.43 bits per heavy atom. The Kier molecular flexibility index (Phi) is 6.86. The molecule has 154 valence electrons. The lowest BCUT2D eigenvalue weighted by Crippen LogP contribution is -2.37. The van der Waals surface area contributed by atoms with Crippen molar-refractivity contribution in [3.63, 3.8) is 0 Å². The number of halogens is 1. The molecule has 1 aromatic rings. The molecule has 1 aliphatic carbocycles. The van der Waals surface area contributed by atoms with Crippen molar-refractivity contribution in [1.82, 2.24) is 5.32 Å². The highest BCUT2D eigenvalue weighted by Crippen LogP contribution is 2.29. The number of benzene rings is 1. The van der Waals surface area contributed by atoms with Gasteiger partial charge in [-0.2, -0.15) is 0 Å². The van der Waals surface area contributed by atoms with Crippen LogP contribution in [0.2, 0.25) is 0 Å². The predicted octanol–water partition coefficient (Wildman–Crippen LogP) is 4.55. The molecule has 0 atom stereocenters. The molecule has 6 heteroatoms. The molecule has 1 saturated heterocycles. The summed E-state index contributed by atoms with van der Waals surface area (Å²) in [6.45, 7) is 5.55. The second kappa shape index (κ2) is 9.17. The summed E-state index contributed by atoms with van der Waals surface area (Å²) in [7, 11) is 0. The molecule has 28 heavy (non-hydrogen) atoms. The molecule has 5 nitrogen and oxygen atoms in total. The standard InChI is InChI=1S/C22H32ClN3O2/c1-22(2,15-23)21(28)25-17-10-11-19(26-12-6-7-13-26)18(14-17)20(27)24-16-8-4-3-5-9-16/h10-11,14,16H,3-9,12-13,15H2,1-2H3,(H,24,27)(H,25,28). The number of nitrogens with one attached hydrogen (secondary N) is 2. The second-order valence-corrected chi connectivity index (χ2v) is 8.97. The molecule has 0 spiro atoms. The summed E-state index contributed by atoms with van der Waals surface area (Å²) in [5.41, 5.74) is 1.58. The Bertz CT molecular complexity index is 708. The number of hydrogen-bond acceptors (Lipinski definition) is 3. The van der Waals surface area contributed by atoms with E-state index in [1.165, 1.54) is 19.3 Å². The summed E-state index contributed by atoms with van der Waals surface area (Å²) in [5.74, 6) is 0.0521. The van der Waals surface area contributed by atoms with Crippen molar-refractivity contribution in [2.24, 2.45) is 5.41 Å². The van der Waals surface area contributed by atoms with Crippen molar-refractivity contribution >= 4 is 34.8 Å². The normalized spacial score (nSPS) is 18.2. The number of rotatable bonds is 6. The lowest BCUT2D eigenvalue weighted by Gasteiger charge is -2.26. The van der Waals surface area contributed by atoms with Crippen LogP contribution < -0.4 is 15.5 Å². The molecule has 0 unspecified atom stereocenters. The number of amides is 2. The molecule has 1 aliphatic heterocycles. The average Bonchev–Trinajstić information content (AvgIpc) is 3.23. The van der Waals surface area contributed by atoms with Gasteiger partial charge in [-0.05, 0) is 57.7 Å². The minimum absolute atomic E-state index is 0.0403. The van der Waals surface area contributed by atoms with Gasteiger partial charge in [0.25, 0.3) is 5.91 Å². The van der Waals surface area contributed by atoms with Gasteiger partial charge in [-0.25, -0.2) is 0 Å². The van der Waals surface area contributed by atoms with Crippen LogP contribution in [0.1, 0.15) is 69.2 Å². The van der Waals surface area contributed by atoms with Crippen molar-refractivity contribution in [2.45, 2.75) is 64.8 Å². The van der Waals surface area contributed by atoms with Crippen LogP contribution in [0.3, 0.4) is 0 Å². The summed E-state index contributed by atoms with van der Waals surface area (Å²) >= 11 is 5.92. The van der Waals surface area contributed by atoms with Gasteiger partial charge in [-0.3, -0.25) is 9.59 Å². The van der Waals surface area contributed by atoms with E-state index in [9.17, 15) is 9.59 Å². The van der Waals surface area contributed by atoms with Crippen molar-refractivity contribution in [2.75, 3.05) is 29.2 Å². The number of anilines is 2. The molecule has 1 heterocycles. The highest BCUT2D eigenvalue weighted by molar-refractivity contribution is 6.20. The Hall–Kier alpha value is -1.75. The Balaban J connectivity index is 1.83. The van der Waals surface area contributed by atoms with Gasteiger partial charge in [-0.1, -0.05) is 19.3 Å². The zero-order chi connectivity index (χ0) is 20.1. The van der Waals surface area contributed by atoms with Gasteiger partial charge >= 0.3 is 0 Å². The molecule has 2 N–H and O–H groups in total. The summed E-state index contributed by atoms with van der Waals surface area (Å²) in [5, 5.41) is 6.15. The zero-order valence-corrected chi connectivity index (χ0v) is 17.8. The van der Waals surface area contributed by atoms with Crippen LogP contribution >= 0.6 is 11.6 Å². The molecule has 2 aliphatic rings.